The lowest BCUT2D eigenvalue weighted by Gasteiger charge is -2.12. The van der Waals surface area contributed by atoms with Crippen molar-refractivity contribution in [2.45, 2.75) is 13.5 Å². The molecule has 24 heavy (non-hydrogen) atoms. The van der Waals surface area contributed by atoms with E-state index in [0.717, 1.165) is 0 Å². The minimum Gasteiger partial charge on any atom is -0.355 e. The summed E-state index contributed by atoms with van der Waals surface area (Å²) in [5.41, 5.74) is 2.98. The summed E-state index contributed by atoms with van der Waals surface area (Å²) in [5, 5.41) is 9.24. The number of carbonyl (C=O) groups is 1. The normalized spacial score (nSPS) is 11.0. The van der Waals surface area contributed by atoms with Crippen molar-refractivity contribution in [3.05, 3.63) is 65.5 Å². The minimum absolute atomic E-state index is 0.132. The standard InChI is InChI=1S/C18H23N5O/c1-14-5-7-15(8-6-14)12-23-18(19-2)22-11-10-21-17(24)16-4-3-9-20-13-16/h3-9,13H,10-12H2,1-2H3,(H,21,24)(H2,19,22,23). The van der Waals surface area contributed by atoms with Crippen molar-refractivity contribution in [1.29, 1.82) is 0 Å². The van der Waals surface area contributed by atoms with Gasteiger partial charge in [0.05, 0.1) is 5.56 Å². The average molecular weight is 325 g/mol. The van der Waals surface area contributed by atoms with Crippen LogP contribution in [0, 0.1) is 6.92 Å². The van der Waals surface area contributed by atoms with Gasteiger partial charge in [-0.3, -0.25) is 14.8 Å². The lowest BCUT2D eigenvalue weighted by atomic mass is 10.1. The first kappa shape index (κ1) is 17.5. The number of hydrogen-bond donors (Lipinski definition) is 3. The van der Waals surface area contributed by atoms with Crippen LogP contribution in [-0.4, -0.2) is 37.0 Å². The second kappa shape index (κ2) is 9.29. The SMILES string of the molecule is CN=C(NCCNC(=O)c1cccnc1)NCc1ccc(C)cc1. The highest BCUT2D eigenvalue weighted by Gasteiger charge is 2.04. The van der Waals surface area contributed by atoms with E-state index in [0.29, 0.717) is 31.2 Å². The molecular weight excluding hydrogens is 302 g/mol. The van der Waals surface area contributed by atoms with E-state index in [2.05, 4.69) is 57.1 Å². The smallest absolute Gasteiger partial charge is 0.252 e. The fourth-order valence-corrected chi connectivity index (χ4v) is 2.07. The predicted octanol–water partition coefficient (Wildman–Crippen LogP) is 1.49. The molecule has 2 aromatic rings. The van der Waals surface area contributed by atoms with E-state index >= 15 is 0 Å². The van der Waals surface area contributed by atoms with Gasteiger partial charge in [0.1, 0.15) is 0 Å². The third kappa shape index (κ3) is 5.72. The third-order valence-electron chi connectivity index (χ3n) is 3.43. The van der Waals surface area contributed by atoms with Gasteiger partial charge in [-0.2, -0.15) is 0 Å². The molecule has 1 amide bonds. The molecule has 0 saturated heterocycles. The van der Waals surface area contributed by atoms with Crippen LogP contribution >= 0.6 is 0 Å². The Kier molecular flexibility index (Phi) is 6.76. The molecule has 0 bridgehead atoms. The van der Waals surface area contributed by atoms with Gasteiger partial charge in [-0.15, -0.1) is 0 Å². The fourth-order valence-electron chi connectivity index (χ4n) is 2.07. The summed E-state index contributed by atoms with van der Waals surface area (Å²) in [7, 11) is 1.72. The molecule has 0 spiro atoms. The Hall–Kier alpha value is -2.89. The first-order chi connectivity index (χ1) is 11.7. The van der Waals surface area contributed by atoms with Gasteiger partial charge in [0.25, 0.3) is 5.91 Å². The number of aliphatic imine (C=N–C) groups is 1. The number of hydrogen-bond acceptors (Lipinski definition) is 3. The van der Waals surface area contributed by atoms with Crippen LogP contribution in [0.15, 0.2) is 53.8 Å². The molecule has 0 aliphatic carbocycles. The molecule has 0 atom stereocenters. The molecule has 6 nitrogen and oxygen atoms in total. The van der Waals surface area contributed by atoms with E-state index in [1.165, 1.54) is 11.1 Å². The van der Waals surface area contributed by atoms with Crippen LogP contribution in [0.1, 0.15) is 21.5 Å². The number of pyridine rings is 1. The molecule has 0 aliphatic rings. The van der Waals surface area contributed by atoms with Crippen LogP contribution in [0.2, 0.25) is 0 Å². The summed E-state index contributed by atoms with van der Waals surface area (Å²) in [6.07, 6.45) is 3.19. The van der Waals surface area contributed by atoms with Gasteiger partial charge >= 0.3 is 0 Å². The maximum atomic E-state index is 11.9. The Morgan fingerprint density at radius 2 is 1.83 bits per heavy atom. The number of benzene rings is 1. The second-order valence-electron chi connectivity index (χ2n) is 5.34. The highest BCUT2D eigenvalue weighted by atomic mass is 16.1. The van der Waals surface area contributed by atoms with E-state index < -0.39 is 0 Å². The zero-order chi connectivity index (χ0) is 17.2. The van der Waals surface area contributed by atoms with Gasteiger partial charge < -0.3 is 16.0 Å². The van der Waals surface area contributed by atoms with Gasteiger partial charge in [0, 0.05) is 39.1 Å². The molecule has 3 N–H and O–H groups in total. The molecule has 1 aromatic heterocycles. The van der Waals surface area contributed by atoms with Crippen molar-refractivity contribution in [2.75, 3.05) is 20.1 Å². The lowest BCUT2D eigenvalue weighted by molar-refractivity contribution is 0.0954. The third-order valence-corrected chi connectivity index (χ3v) is 3.43. The molecule has 0 saturated carbocycles. The maximum Gasteiger partial charge on any atom is 0.252 e. The number of aryl methyl sites for hydroxylation is 1. The maximum absolute atomic E-state index is 11.9. The Balaban J connectivity index is 1.68. The monoisotopic (exact) mass is 325 g/mol. The highest BCUT2D eigenvalue weighted by Crippen LogP contribution is 2.02. The average Bonchev–Trinajstić information content (AvgIpc) is 2.63. The van der Waals surface area contributed by atoms with Gasteiger partial charge in [0.2, 0.25) is 0 Å². The molecule has 0 radical (unpaired) electrons. The van der Waals surface area contributed by atoms with Gasteiger partial charge in [-0.25, -0.2) is 0 Å². The van der Waals surface area contributed by atoms with Crippen LogP contribution in [0.5, 0.6) is 0 Å². The second-order valence-corrected chi connectivity index (χ2v) is 5.34. The number of amides is 1. The van der Waals surface area contributed by atoms with Crippen LogP contribution < -0.4 is 16.0 Å². The van der Waals surface area contributed by atoms with Crippen LogP contribution in [0.25, 0.3) is 0 Å². The first-order valence-corrected chi connectivity index (χ1v) is 7.87. The number of nitrogens with zero attached hydrogens (tertiary/aromatic N) is 2. The topological polar surface area (TPSA) is 78.4 Å². The van der Waals surface area contributed by atoms with E-state index in [4.69, 9.17) is 0 Å². The number of nitrogens with one attached hydrogen (secondary N) is 3. The van der Waals surface area contributed by atoms with Crippen molar-refractivity contribution in [3.8, 4) is 0 Å². The van der Waals surface area contributed by atoms with Crippen molar-refractivity contribution in [2.24, 2.45) is 4.99 Å². The molecule has 1 heterocycles. The minimum atomic E-state index is -0.132. The van der Waals surface area contributed by atoms with Crippen molar-refractivity contribution >= 4 is 11.9 Å². The summed E-state index contributed by atoms with van der Waals surface area (Å²) < 4.78 is 0. The van der Waals surface area contributed by atoms with Gasteiger partial charge in [0.15, 0.2) is 5.96 Å². The Morgan fingerprint density at radius 3 is 2.50 bits per heavy atom. The Labute approximate surface area is 142 Å². The van der Waals surface area contributed by atoms with Gasteiger partial charge in [-0.05, 0) is 24.6 Å². The largest absolute Gasteiger partial charge is 0.355 e. The highest BCUT2D eigenvalue weighted by molar-refractivity contribution is 5.93. The van der Waals surface area contributed by atoms with E-state index in [-0.39, 0.29) is 5.91 Å². The molecule has 6 heteroatoms. The predicted molar refractivity (Wildman–Crippen MR) is 96.0 cm³/mol. The quantitative estimate of drug-likeness (QED) is 0.427. The molecular formula is C18H23N5O. The lowest BCUT2D eigenvalue weighted by Crippen LogP contribution is -2.41. The number of rotatable bonds is 6. The Morgan fingerprint density at radius 1 is 1.08 bits per heavy atom. The Bertz CT molecular complexity index is 668. The molecule has 1 aromatic carbocycles. The number of aromatic nitrogens is 1. The van der Waals surface area contributed by atoms with Crippen molar-refractivity contribution in [3.63, 3.8) is 0 Å². The van der Waals surface area contributed by atoms with Crippen molar-refractivity contribution in [1.82, 2.24) is 20.9 Å². The first-order valence-electron chi connectivity index (χ1n) is 7.87. The summed E-state index contributed by atoms with van der Waals surface area (Å²) in [6, 6.07) is 11.8. The molecule has 0 aliphatic heterocycles. The van der Waals surface area contributed by atoms with E-state index in [9.17, 15) is 4.79 Å². The number of guanidine groups is 1. The van der Waals surface area contributed by atoms with Crippen molar-refractivity contribution < 1.29 is 4.79 Å². The van der Waals surface area contributed by atoms with Gasteiger partial charge in [-0.1, -0.05) is 29.8 Å². The fraction of sp³-hybridized carbons (Fsp3) is 0.278. The molecule has 126 valence electrons. The number of carbonyl (C=O) groups excluding carboxylic acids is 1. The zero-order valence-electron chi connectivity index (χ0n) is 14.0. The molecule has 0 unspecified atom stereocenters. The summed E-state index contributed by atoms with van der Waals surface area (Å²) >= 11 is 0. The van der Waals surface area contributed by atoms with E-state index in [1.54, 1.807) is 31.6 Å². The molecule has 2 rings (SSSR count). The van der Waals surface area contributed by atoms with Crippen LogP contribution in [0.4, 0.5) is 0 Å². The van der Waals surface area contributed by atoms with Crippen LogP contribution in [0.3, 0.4) is 0 Å². The molecule has 0 fully saturated rings. The summed E-state index contributed by atoms with van der Waals surface area (Å²) in [6.45, 7) is 3.85. The summed E-state index contributed by atoms with van der Waals surface area (Å²) in [4.78, 5) is 20.0. The zero-order valence-corrected chi connectivity index (χ0v) is 14.0. The summed E-state index contributed by atoms with van der Waals surface area (Å²) in [5.74, 6) is 0.568. The van der Waals surface area contributed by atoms with E-state index in [1.807, 2.05) is 0 Å². The van der Waals surface area contributed by atoms with Crippen LogP contribution in [-0.2, 0) is 6.54 Å².